The van der Waals surface area contributed by atoms with Crippen molar-refractivity contribution in [3.63, 3.8) is 0 Å². The van der Waals surface area contributed by atoms with Crippen LogP contribution in [0.5, 0.6) is 5.75 Å². The maximum Gasteiger partial charge on any atom is 0.260 e. The van der Waals surface area contributed by atoms with Crippen molar-refractivity contribution in [2.45, 2.75) is 26.0 Å². The third kappa shape index (κ3) is 5.33. The van der Waals surface area contributed by atoms with Crippen LogP contribution in [0, 0.1) is 12.7 Å². The first kappa shape index (κ1) is 20.8. The van der Waals surface area contributed by atoms with Gasteiger partial charge >= 0.3 is 0 Å². The molecule has 3 rings (SSSR count). The maximum absolute atomic E-state index is 13.2. The molecule has 6 nitrogen and oxygen atoms in total. The lowest BCUT2D eigenvalue weighted by Gasteiger charge is -2.33. The Morgan fingerprint density at radius 2 is 2.07 bits per heavy atom. The Kier molecular flexibility index (Phi) is 7.09. The van der Waals surface area contributed by atoms with Crippen LogP contribution in [0.1, 0.15) is 24.5 Å². The van der Waals surface area contributed by atoms with Crippen LogP contribution < -0.4 is 10.1 Å². The van der Waals surface area contributed by atoms with Crippen molar-refractivity contribution >= 4 is 21.8 Å². The first-order valence-corrected chi connectivity index (χ1v) is 10.0. The van der Waals surface area contributed by atoms with E-state index < -0.39 is 6.10 Å². The number of amides is 1. The zero-order valence-corrected chi connectivity index (χ0v) is 17.5. The lowest BCUT2D eigenvalue weighted by molar-refractivity contribution is -0.127. The molecule has 0 aliphatic carbocycles. The molecule has 1 saturated heterocycles. The van der Waals surface area contributed by atoms with Crippen molar-refractivity contribution in [2.75, 3.05) is 32.8 Å². The Bertz CT molecular complexity index is 807. The number of hydrogen-bond donors (Lipinski definition) is 1. The topological polar surface area (TPSA) is 63.9 Å². The molecule has 1 amide bonds. The van der Waals surface area contributed by atoms with E-state index in [0.717, 1.165) is 24.6 Å². The molecule has 152 valence electrons. The van der Waals surface area contributed by atoms with Crippen molar-refractivity contribution in [1.82, 2.24) is 10.2 Å². The highest BCUT2D eigenvalue weighted by molar-refractivity contribution is 9.10. The van der Waals surface area contributed by atoms with E-state index >= 15 is 0 Å². The van der Waals surface area contributed by atoms with Gasteiger partial charge in [-0.05, 0) is 60.1 Å². The van der Waals surface area contributed by atoms with Crippen LogP contribution in [0.15, 0.2) is 39.2 Å². The average molecular weight is 455 g/mol. The highest BCUT2D eigenvalue weighted by Gasteiger charge is 2.27. The zero-order chi connectivity index (χ0) is 20.1. The number of halogens is 2. The molecule has 0 radical (unpaired) electrons. The predicted molar refractivity (Wildman–Crippen MR) is 106 cm³/mol. The molecule has 1 aromatic heterocycles. The normalized spacial score (nSPS) is 17.1. The van der Waals surface area contributed by atoms with Gasteiger partial charge in [0.25, 0.3) is 5.91 Å². The van der Waals surface area contributed by atoms with Crippen LogP contribution in [-0.4, -0.2) is 49.8 Å². The Morgan fingerprint density at radius 1 is 1.32 bits per heavy atom. The minimum absolute atomic E-state index is 0.0775. The third-order valence-electron chi connectivity index (χ3n) is 4.61. The number of rotatable bonds is 7. The fraction of sp³-hybridized carbons (Fsp3) is 0.450. The molecule has 1 N–H and O–H groups in total. The minimum Gasteiger partial charge on any atom is -0.480 e. The van der Waals surface area contributed by atoms with Crippen LogP contribution >= 0.6 is 15.9 Å². The Balaban J connectivity index is 1.62. The van der Waals surface area contributed by atoms with E-state index in [0.29, 0.717) is 30.0 Å². The summed E-state index contributed by atoms with van der Waals surface area (Å²) in [5, 5.41) is 2.94. The van der Waals surface area contributed by atoms with E-state index in [1.165, 1.54) is 18.2 Å². The zero-order valence-electron chi connectivity index (χ0n) is 15.9. The molecule has 2 atom stereocenters. The second-order valence-corrected chi connectivity index (χ2v) is 7.55. The van der Waals surface area contributed by atoms with Gasteiger partial charge in [0, 0.05) is 19.6 Å². The second kappa shape index (κ2) is 9.54. The van der Waals surface area contributed by atoms with E-state index in [4.69, 9.17) is 13.9 Å². The summed E-state index contributed by atoms with van der Waals surface area (Å²) in [5.74, 6) is 1.43. The molecule has 0 spiro atoms. The molecule has 2 unspecified atom stereocenters. The van der Waals surface area contributed by atoms with Gasteiger partial charge in [0.05, 0.1) is 23.7 Å². The van der Waals surface area contributed by atoms with E-state index in [1.807, 2.05) is 19.1 Å². The van der Waals surface area contributed by atoms with Gasteiger partial charge in [-0.1, -0.05) is 0 Å². The molecule has 2 heterocycles. The van der Waals surface area contributed by atoms with E-state index in [9.17, 15) is 9.18 Å². The first-order chi connectivity index (χ1) is 13.4. The SMILES string of the molecule is Cc1ccc(C(CNC(=O)C(C)Oc2ccc(F)cc2Br)N2CCOCC2)o1. The van der Waals surface area contributed by atoms with Crippen molar-refractivity contribution < 1.29 is 23.1 Å². The molecular formula is C20H24BrFN2O4. The number of furan rings is 1. The van der Waals surface area contributed by atoms with E-state index in [-0.39, 0.29) is 17.8 Å². The molecule has 1 fully saturated rings. The molecular weight excluding hydrogens is 431 g/mol. The van der Waals surface area contributed by atoms with Crippen molar-refractivity contribution in [1.29, 1.82) is 0 Å². The average Bonchev–Trinajstić information content (AvgIpc) is 3.11. The van der Waals surface area contributed by atoms with Crippen molar-refractivity contribution in [2.24, 2.45) is 0 Å². The van der Waals surface area contributed by atoms with Crippen LogP contribution in [-0.2, 0) is 9.53 Å². The molecule has 1 aromatic carbocycles. The Hall–Kier alpha value is -1.90. The monoisotopic (exact) mass is 454 g/mol. The smallest absolute Gasteiger partial charge is 0.260 e. The summed E-state index contributed by atoms with van der Waals surface area (Å²) < 4.78 is 30.6. The molecule has 28 heavy (non-hydrogen) atoms. The highest BCUT2D eigenvalue weighted by atomic mass is 79.9. The van der Waals surface area contributed by atoms with Gasteiger partial charge in [-0.3, -0.25) is 9.69 Å². The number of aryl methyl sites for hydroxylation is 1. The molecule has 8 heteroatoms. The standard InChI is InChI=1S/C20H24BrFN2O4/c1-13-3-5-19(27-13)17(24-7-9-26-10-8-24)12-23-20(25)14(2)28-18-6-4-15(22)11-16(18)21/h3-6,11,14,17H,7-10,12H2,1-2H3,(H,23,25). The number of carbonyl (C=O) groups excluding carboxylic acids is 1. The minimum atomic E-state index is -0.731. The number of ether oxygens (including phenoxy) is 2. The van der Waals surface area contributed by atoms with Crippen LogP contribution in [0.25, 0.3) is 0 Å². The number of morpholine rings is 1. The summed E-state index contributed by atoms with van der Waals surface area (Å²) in [6, 6.07) is 7.86. The van der Waals surface area contributed by atoms with E-state index in [2.05, 4.69) is 26.1 Å². The van der Waals surface area contributed by atoms with Gasteiger partial charge in [0.15, 0.2) is 6.10 Å². The van der Waals surface area contributed by atoms with Gasteiger partial charge in [-0.15, -0.1) is 0 Å². The number of nitrogens with zero attached hydrogens (tertiary/aromatic N) is 1. The Labute approximate surface area is 172 Å². The summed E-state index contributed by atoms with van der Waals surface area (Å²) in [7, 11) is 0. The van der Waals surface area contributed by atoms with Gasteiger partial charge < -0.3 is 19.2 Å². The largest absolute Gasteiger partial charge is 0.480 e. The van der Waals surface area contributed by atoms with Gasteiger partial charge in [-0.25, -0.2) is 4.39 Å². The summed E-state index contributed by atoms with van der Waals surface area (Å²) >= 11 is 3.24. The fourth-order valence-corrected chi connectivity index (χ4v) is 3.53. The fourth-order valence-electron chi connectivity index (χ4n) is 3.09. The predicted octanol–water partition coefficient (Wildman–Crippen LogP) is 3.45. The third-order valence-corrected chi connectivity index (χ3v) is 5.23. The highest BCUT2D eigenvalue weighted by Crippen LogP contribution is 2.27. The number of carbonyl (C=O) groups is 1. The Morgan fingerprint density at radius 3 is 2.71 bits per heavy atom. The molecule has 2 aromatic rings. The van der Waals surface area contributed by atoms with Crippen LogP contribution in [0.2, 0.25) is 0 Å². The first-order valence-electron chi connectivity index (χ1n) is 9.21. The molecule has 1 aliphatic heterocycles. The van der Waals surface area contributed by atoms with Crippen LogP contribution in [0.4, 0.5) is 4.39 Å². The lowest BCUT2D eigenvalue weighted by atomic mass is 10.1. The van der Waals surface area contributed by atoms with Crippen LogP contribution in [0.3, 0.4) is 0 Å². The molecule has 1 aliphatic rings. The van der Waals surface area contributed by atoms with E-state index in [1.54, 1.807) is 6.92 Å². The number of hydrogen-bond acceptors (Lipinski definition) is 5. The van der Waals surface area contributed by atoms with Crippen molar-refractivity contribution in [3.05, 3.63) is 52.1 Å². The summed E-state index contributed by atoms with van der Waals surface area (Å²) in [5.41, 5.74) is 0. The maximum atomic E-state index is 13.2. The second-order valence-electron chi connectivity index (χ2n) is 6.69. The summed E-state index contributed by atoms with van der Waals surface area (Å²) in [6.45, 7) is 6.80. The number of nitrogens with one attached hydrogen (secondary N) is 1. The van der Waals surface area contributed by atoms with Gasteiger partial charge in [-0.2, -0.15) is 0 Å². The van der Waals surface area contributed by atoms with Crippen molar-refractivity contribution in [3.8, 4) is 5.75 Å². The summed E-state index contributed by atoms with van der Waals surface area (Å²) in [6.07, 6.45) is -0.731. The molecule has 0 saturated carbocycles. The quantitative estimate of drug-likeness (QED) is 0.693. The van der Waals surface area contributed by atoms with Gasteiger partial charge in [0.2, 0.25) is 0 Å². The van der Waals surface area contributed by atoms with Gasteiger partial charge in [0.1, 0.15) is 23.1 Å². The molecule has 0 bridgehead atoms. The lowest BCUT2D eigenvalue weighted by Crippen LogP contribution is -2.45. The summed E-state index contributed by atoms with van der Waals surface area (Å²) in [4.78, 5) is 14.8. The number of benzene rings is 1.